The van der Waals surface area contributed by atoms with E-state index in [4.69, 9.17) is 14.6 Å². The predicted octanol–water partition coefficient (Wildman–Crippen LogP) is 5.54. The summed E-state index contributed by atoms with van der Waals surface area (Å²) in [6, 6.07) is 17.6. The van der Waals surface area contributed by atoms with Crippen molar-refractivity contribution in [2.75, 3.05) is 13.2 Å². The fraction of sp³-hybridized carbons (Fsp3) is 0.194. The van der Waals surface area contributed by atoms with Crippen LogP contribution in [0.4, 0.5) is 0 Å². The number of allylic oxidation sites excluding steroid dienone is 2. The molecule has 0 aliphatic carbocycles. The lowest BCUT2D eigenvalue weighted by Gasteiger charge is -2.30. The third-order valence-corrected chi connectivity index (χ3v) is 6.26. The number of nitrogens with one attached hydrogen (secondary N) is 1. The second-order valence-electron chi connectivity index (χ2n) is 8.99. The maximum absolute atomic E-state index is 13.4. The maximum Gasteiger partial charge on any atom is 0.337 e. The van der Waals surface area contributed by atoms with Gasteiger partial charge in [-0.15, -0.1) is 0 Å². The smallest absolute Gasteiger partial charge is 0.337 e. The first kappa shape index (κ1) is 26.4. The highest BCUT2D eigenvalue weighted by atomic mass is 16.5. The summed E-state index contributed by atoms with van der Waals surface area (Å²) in [5.41, 5.74) is 5.91. The molecule has 0 amide bonds. The molecule has 0 saturated carbocycles. The first-order valence-corrected chi connectivity index (χ1v) is 12.3. The number of ether oxygens (including phenoxy) is 2. The van der Waals surface area contributed by atoms with E-state index in [-0.39, 0.29) is 13.2 Å². The molecule has 38 heavy (non-hydrogen) atoms. The highest BCUT2D eigenvalue weighted by Gasteiger charge is 2.40. The molecule has 2 aromatic carbocycles. The Labute approximate surface area is 222 Å². The van der Waals surface area contributed by atoms with E-state index in [1.54, 1.807) is 18.5 Å². The van der Waals surface area contributed by atoms with Crippen LogP contribution in [-0.4, -0.2) is 34.9 Å². The third-order valence-electron chi connectivity index (χ3n) is 6.26. The van der Waals surface area contributed by atoms with Crippen LogP contribution < -0.4 is 5.32 Å². The zero-order valence-electron chi connectivity index (χ0n) is 21.9. The molecular weight excluding hydrogens is 478 g/mol. The molecule has 1 aliphatic rings. The fourth-order valence-corrected chi connectivity index (χ4v) is 4.52. The average Bonchev–Trinajstić information content (AvgIpc) is 3.36. The Balaban J connectivity index is 1.98. The third kappa shape index (κ3) is 5.37. The molecule has 7 nitrogen and oxygen atoms in total. The second kappa shape index (κ2) is 11.6. The zero-order chi connectivity index (χ0) is 27.2. The van der Waals surface area contributed by atoms with Gasteiger partial charge in [0.1, 0.15) is 13.2 Å². The number of carbonyl (C=O) groups excluding carboxylic acids is 2. The molecule has 4 rings (SSSR count). The topological polar surface area (TPSA) is 82.5 Å². The number of nitrogens with zero attached hydrogens (tertiary/aromatic N) is 2. The highest BCUT2D eigenvalue weighted by molar-refractivity contribution is 6.00. The van der Waals surface area contributed by atoms with E-state index in [2.05, 4.69) is 18.5 Å². The number of esters is 2. The minimum atomic E-state index is -0.792. The standard InChI is InChI=1S/C31H31N3O4/c1-6-17-37-30(35)26-21(4)32-22(5)27(31(36)38-18-7-2)28(26)25-19-34(24-11-9-8-10-12-24)33-29(25)23-15-13-20(3)14-16-23/h6-16,19,28,32H,1-2,17-18H2,3-5H3. The lowest BCUT2D eigenvalue weighted by atomic mass is 9.79. The molecule has 0 bridgehead atoms. The Morgan fingerprint density at radius 2 is 1.45 bits per heavy atom. The SMILES string of the molecule is C=CCOC(=O)C1=C(C)NC(C)=C(C(=O)OCC=C)C1c1cn(-c2ccccc2)nc1-c1ccc(C)cc1. The summed E-state index contributed by atoms with van der Waals surface area (Å²) in [5, 5.41) is 8.11. The van der Waals surface area contributed by atoms with E-state index in [1.165, 1.54) is 12.2 Å². The monoisotopic (exact) mass is 509 g/mol. The predicted molar refractivity (Wildman–Crippen MR) is 147 cm³/mol. The quantitative estimate of drug-likeness (QED) is 0.301. The highest BCUT2D eigenvalue weighted by Crippen LogP contribution is 2.43. The van der Waals surface area contributed by atoms with Crippen LogP contribution in [0, 0.1) is 6.92 Å². The van der Waals surface area contributed by atoms with E-state index in [0.717, 1.165) is 16.8 Å². The summed E-state index contributed by atoms with van der Waals surface area (Å²) >= 11 is 0. The number of dihydropyridines is 1. The average molecular weight is 510 g/mol. The molecule has 194 valence electrons. The number of para-hydroxylation sites is 1. The molecule has 0 atom stereocenters. The zero-order valence-corrected chi connectivity index (χ0v) is 21.9. The number of aryl methyl sites for hydroxylation is 1. The van der Waals surface area contributed by atoms with Crippen molar-refractivity contribution >= 4 is 11.9 Å². The number of benzene rings is 2. The molecule has 1 aromatic heterocycles. The summed E-state index contributed by atoms with van der Waals surface area (Å²) in [7, 11) is 0. The van der Waals surface area contributed by atoms with Crippen LogP contribution in [0.2, 0.25) is 0 Å². The first-order chi connectivity index (χ1) is 18.3. The molecule has 1 aliphatic heterocycles. The Morgan fingerprint density at radius 3 is 1.97 bits per heavy atom. The first-order valence-electron chi connectivity index (χ1n) is 12.3. The van der Waals surface area contributed by atoms with Gasteiger partial charge in [0.25, 0.3) is 0 Å². The van der Waals surface area contributed by atoms with Crippen LogP contribution in [0.1, 0.15) is 30.9 Å². The summed E-state index contributed by atoms with van der Waals surface area (Å²) < 4.78 is 12.7. The van der Waals surface area contributed by atoms with Gasteiger partial charge in [-0.3, -0.25) is 0 Å². The molecular formula is C31H31N3O4. The van der Waals surface area contributed by atoms with Gasteiger partial charge in [0.05, 0.1) is 28.4 Å². The van der Waals surface area contributed by atoms with Crippen molar-refractivity contribution in [3.05, 3.63) is 120 Å². The van der Waals surface area contributed by atoms with Gasteiger partial charge in [-0.1, -0.05) is 73.3 Å². The van der Waals surface area contributed by atoms with E-state index < -0.39 is 17.9 Å². The summed E-state index contributed by atoms with van der Waals surface area (Å²) in [4.78, 5) is 26.8. The number of aromatic nitrogens is 2. The van der Waals surface area contributed by atoms with Gasteiger partial charge in [0.15, 0.2) is 0 Å². The second-order valence-corrected chi connectivity index (χ2v) is 8.99. The number of hydrogen-bond donors (Lipinski definition) is 1. The molecule has 0 fully saturated rings. The van der Waals surface area contributed by atoms with Crippen molar-refractivity contribution in [1.29, 1.82) is 0 Å². The van der Waals surface area contributed by atoms with Crippen LogP contribution >= 0.6 is 0 Å². The number of hydrogen-bond acceptors (Lipinski definition) is 6. The normalized spacial score (nSPS) is 13.7. The van der Waals surface area contributed by atoms with Gasteiger partial charge in [-0.25, -0.2) is 14.3 Å². The van der Waals surface area contributed by atoms with Gasteiger partial charge in [0.2, 0.25) is 0 Å². The van der Waals surface area contributed by atoms with E-state index in [0.29, 0.717) is 33.8 Å². The molecule has 2 heterocycles. The van der Waals surface area contributed by atoms with Crippen molar-refractivity contribution in [2.24, 2.45) is 0 Å². The summed E-state index contributed by atoms with van der Waals surface area (Å²) in [5.74, 6) is -1.90. The minimum absolute atomic E-state index is 0.0371. The van der Waals surface area contributed by atoms with Gasteiger partial charge < -0.3 is 14.8 Å². The molecule has 3 aromatic rings. The van der Waals surface area contributed by atoms with Gasteiger partial charge in [-0.05, 0) is 32.9 Å². The lowest BCUT2D eigenvalue weighted by molar-refractivity contribution is -0.138. The molecule has 1 N–H and O–H groups in total. The molecule has 0 radical (unpaired) electrons. The largest absolute Gasteiger partial charge is 0.458 e. The minimum Gasteiger partial charge on any atom is -0.458 e. The fourth-order valence-electron chi connectivity index (χ4n) is 4.52. The Hall–Kier alpha value is -4.65. The van der Waals surface area contributed by atoms with E-state index in [9.17, 15) is 9.59 Å². The summed E-state index contributed by atoms with van der Waals surface area (Å²) in [6.07, 6.45) is 4.87. The Bertz CT molecular complexity index is 1380. The van der Waals surface area contributed by atoms with Crippen LogP contribution in [0.15, 0.2) is 109 Å². The molecule has 0 saturated heterocycles. The number of rotatable bonds is 9. The molecule has 7 heteroatoms. The maximum atomic E-state index is 13.4. The van der Waals surface area contributed by atoms with Crippen molar-refractivity contribution in [1.82, 2.24) is 15.1 Å². The molecule has 0 spiro atoms. The van der Waals surface area contributed by atoms with Crippen molar-refractivity contribution < 1.29 is 19.1 Å². The van der Waals surface area contributed by atoms with Gasteiger partial charge in [0, 0.05) is 28.7 Å². The van der Waals surface area contributed by atoms with Crippen LogP contribution in [0.25, 0.3) is 16.9 Å². The van der Waals surface area contributed by atoms with E-state index >= 15 is 0 Å². The van der Waals surface area contributed by atoms with E-state index in [1.807, 2.05) is 67.7 Å². The van der Waals surface area contributed by atoms with Crippen molar-refractivity contribution in [3.63, 3.8) is 0 Å². The van der Waals surface area contributed by atoms with Gasteiger partial charge >= 0.3 is 11.9 Å². The molecule has 0 unspecified atom stereocenters. The summed E-state index contributed by atoms with van der Waals surface area (Å²) in [6.45, 7) is 13.0. The Morgan fingerprint density at radius 1 is 0.895 bits per heavy atom. The van der Waals surface area contributed by atoms with Crippen LogP contribution in [0.3, 0.4) is 0 Å². The Kier molecular flexibility index (Phi) is 8.06. The van der Waals surface area contributed by atoms with Gasteiger partial charge in [-0.2, -0.15) is 5.10 Å². The number of carbonyl (C=O) groups is 2. The van der Waals surface area contributed by atoms with Crippen molar-refractivity contribution in [2.45, 2.75) is 26.7 Å². The van der Waals surface area contributed by atoms with Crippen LogP contribution in [0.5, 0.6) is 0 Å². The van der Waals surface area contributed by atoms with Crippen LogP contribution in [-0.2, 0) is 19.1 Å². The lowest BCUT2D eigenvalue weighted by Crippen LogP contribution is -2.32. The van der Waals surface area contributed by atoms with Crippen molar-refractivity contribution in [3.8, 4) is 16.9 Å².